The van der Waals surface area contributed by atoms with Crippen molar-refractivity contribution in [2.45, 2.75) is 32.0 Å². The van der Waals surface area contributed by atoms with Gasteiger partial charge in [0.1, 0.15) is 0 Å². The first-order chi connectivity index (χ1) is 5.02. The van der Waals surface area contributed by atoms with Crippen LogP contribution in [0.3, 0.4) is 0 Å². The molecule has 62 valence electrons. The Hall–Kier alpha value is -0.363. The minimum absolute atomic E-state index is 0.0340. The van der Waals surface area contributed by atoms with Crippen molar-refractivity contribution in [3.05, 3.63) is 0 Å². The van der Waals surface area contributed by atoms with Gasteiger partial charge in [0.25, 0.3) is 0 Å². The average molecular weight is 171 g/mol. The van der Waals surface area contributed by atoms with Crippen LogP contribution in [0.15, 0.2) is 0 Å². The minimum atomic E-state index is -2.51. The summed E-state index contributed by atoms with van der Waals surface area (Å²) in [5.41, 5.74) is 0.123. The minimum Gasteiger partial charge on any atom is -0.314 e. The van der Waals surface area contributed by atoms with E-state index in [1.165, 1.54) is 0 Å². The zero-order valence-corrected chi connectivity index (χ0v) is 8.26. The van der Waals surface area contributed by atoms with E-state index in [4.69, 9.17) is 5.26 Å². The Morgan fingerprint density at radius 3 is 2.18 bits per heavy atom. The van der Waals surface area contributed by atoms with Gasteiger partial charge in [-0.05, 0) is 19.0 Å². The van der Waals surface area contributed by atoms with Gasteiger partial charge < -0.3 is 4.11 Å². The summed E-state index contributed by atoms with van der Waals surface area (Å²) in [4.78, 5) is 0. The Morgan fingerprint density at radius 2 is 2.09 bits per heavy atom. The maximum absolute atomic E-state index is 13.4. The zero-order chi connectivity index (χ0) is 8.65. The molecular weight excluding hydrogens is 157 g/mol. The summed E-state index contributed by atoms with van der Waals surface area (Å²) in [5, 5.41) is 8.65. The molecule has 1 rings (SSSR count). The van der Waals surface area contributed by atoms with Crippen molar-refractivity contribution in [3.63, 3.8) is 0 Å². The molecule has 0 amide bonds. The van der Waals surface area contributed by atoms with Crippen molar-refractivity contribution < 1.29 is 4.11 Å². The monoisotopic (exact) mass is 171 g/mol. The van der Waals surface area contributed by atoms with E-state index in [0.717, 1.165) is 6.42 Å². The van der Waals surface area contributed by atoms with E-state index in [2.05, 4.69) is 6.07 Å². The Kier molecular flexibility index (Phi) is 2.06. The van der Waals surface area contributed by atoms with E-state index in [1.54, 1.807) is 13.1 Å². The summed E-state index contributed by atoms with van der Waals surface area (Å²) in [6.07, 6.45) is 0.962. The molecule has 3 unspecified atom stereocenters. The lowest BCUT2D eigenvalue weighted by Gasteiger charge is -2.08. The molecule has 0 saturated heterocycles. The molecule has 0 heterocycles. The van der Waals surface area contributed by atoms with Gasteiger partial charge in [-0.15, -0.1) is 0 Å². The maximum Gasteiger partial charge on any atom is 0.245 e. The number of rotatable bonds is 2. The molecule has 3 heteroatoms. The van der Waals surface area contributed by atoms with Crippen LogP contribution in [0.25, 0.3) is 0 Å². The molecule has 0 N–H and O–H groups in total. The second kappa shape index (κ2) is 2.60. The first-order valence-corrected chi connectivity index (χ1v) is 7.06. The summed E-state index contributed by atoms with van der Waals surface area (Å²) in [5.74, 6) is 0.401. The Morgan fingerprint density at radius 1 is 1.55 bits per heavy atom. The van der Waals surface area contributed by atoms with E-state index in [-0.39, 0.29) is 11.5 Å². The molecule has 0 bridgehead atoms. The van der Waals surface area contributed by atoms with Crippen molar-refractivity contribution in [2.75, 3.05) is 0 Å². The fourth-order valence-corrected chi connectivity index (χ4v) is 4.52. The highest BCUT2D eigenvalue weighted by Crippen LogP contribution is 2.59. The van der Waals surface area contributed by atoms with Crippen molar-refractivity contribution in [1.82, 2.24) is 0 Å². The van der Waals surface area contributed by atoms with Gasteiger partial charge in [-0.25, -0.2) is 0 Å². The van der Waals surface area contributed by atoms with Gasteiger partial charge in [-0.1, -0.05) is 13.3 Å². The second-order valence-electron chi connectivity index (χ2n) is 3.82. The lowest BCUT2D eigenvalue weighted by atomic mass is 10.3. The molecule has 0 aliphatic heterocycles. The zero-order valence-electron chi connectivity index (χ0n) is 7.26. The third kappa shape index (κ3) is 1.46. The van der Waals surface area contributed by atoms with Crippen LogP contribution >= 0.6 is 0 Å². The Balaban J connectivity index is 2.60. The number of hydrogen-bond acceptors (Lipinski definition) is 1. The number of hydrogen-bond donors (Lipinski definition) is 0. The summed E-state index contributed by atoms with van der Waals surface area (Å²) in [7, 11) is -2.51. The molecule has 1 aliphatic carbocycles. The highest BCUT2D eigenvalue weighted by atomic mass is 28.4. The smallest absolute Gasteiger partial charge is 0.245 e. The van der Waals surface area contributed by atoms with Gasteiger partial charge in [-0.3, -0.25) is 0 Å². The molecule has 11 heavy (non-hydrogen) atoms. The first-order valence-electron chi connectivity index (χ1n) is 4.11. The number of nitriles is 1. The van der Waals surface area contributed by atoms with Crippen LogP contribution in [0.4, 0.5) is 4.11 Å². The highest BCUT2D eigenvalue weighted by molar-refractivity contribution is 6.73. The van der Waals surface area contributed by atoms with Gasteiger partial charge in [-0.2, -0.15) is 5.26 Å². The summed E-state index contributed by atoms with van der Waals surface area (Å²) in [6.45, 7) is 5.45. The maximum atomic E-state index is 13.4. The standard InChI is InChI=1S/C8H14FNSi/c1-4-6-7(5-10)8(6)11(2,3)9/h6-8H,4H2,1-3H3. The van der Waals surface area contributed by atoms with E-state index in [0.29, 0.717) is 5.92 Å². The van der Waals surface area contributed by atoms with E-state index in [1.807, 2.05) is 6.92 Å². The van der Waals surface area contributed by atoms with Crippen LogP contribution in [-0.4, -0.2) is 8.41 Å². The molecular formula is C8H14FNSi. The second-order valence-corrected chi connectivity index (χ2v) is 7.61. The van der Waals surface area contributed by atoms with Crippen LogP contribution in [0.1, 0.15) is 13.3 Å². The molecule has 0 aromatic carbocycles. The third-order valence-corrected chi connectivity index (χ3v) is 4.95. The molecule has 1 saturated carbocycles. The quantitative estimate of drug-likeness (QED) is 0.463. The van der Waals surface area contributed by atoms with E-state index >= 15 is 0 Å². The van der Waals surface area contributed by atoms with Gasteiger partial charge in [0.05, 0.1) is 12.0 Å². The normalized spacial score (nSPS) is 36.5. The molecule has 0 aromatic heterocycles. The van der Waals surface area contributed by atoms with Crippen molar-refractivity contribution in [1.29, 1.82) is 5.26 Å². The predicted octanol–water partition coefficient (Wildman–Crippen LogP) is 2.71. The molecule has 1 nitrogen and oxygen atoms in total. The highest BCUT2D eigenvalue weighted by Gasteiger charge is 2.58. The Labute approximate surface area is 68.4 Å². The first kappa shape index (κ1) is 8.73. The molecule has 0 radical (unpaired) electrons. The summed E-state index contributed by atoms with van der Waals surface area (Å²) in [6, 6.07) is 2.19. The van der Waals surface area contributed by atoms with Crippen molar-refractivity contribution in [3.8, 4) is 6.07 Å². The topological polar surface area (TPSA) is 23.8 Å². The molecule has 0 spiro atoms. The van der Waals surface area contributed by atoms with Crippen LogP contribution in [0.2, 0.25) is 18.6 Å². The predicted molar refractivity (Wildman–Crippen MR) is 45.2 cm³/mol. The fourth-order valence-electron chi connectivity index (χ4n) is 1.99. The number of halogens is 1. The van der Waals surface area contributed by atoms with E-state index < -0.39 is 8.41 Å². The van der Waals surface area contributed by atoms with E-state index in [9.17, 15) is 4.11 Å². The molecule has 0 aromatic rings. The number of nitrogens with zero attached hydrogens (tertiary/aromatic N) is 1. The third-order valence-electron chi connectivity index (χ3n) is 2.58. The van der Waals surface area contributed by atoms with Crippen LogP contribution < -0.4 is 0 Å². The Bertz CT molecular complexity index is 191. The van der Waals surface area contributed by atoms with Crippen molar-refractivity contribution >= 4 is 8.41 Å². The lowest BCUT2D eigenvalue weighted by molar-refractivity contribution is 0.730. The molecule has 1 fully saturated rings. The van der Waals surface area contributed by atoms with Gasteiger partial charge in [0.15, 0.2) is 0 Å². The van der Waals surface area contributed by atoms with Crippen LogP contribution in [0, 0.1) is 23.2 Å². The van der Waals surface area contributed by atoms with Gasteiger partial charge >= 0.3 is 0 Å². The fraction of sp³-hybridized carbons (Fsp3) is 0.875. The molecule has 3 atom stereocenters. The van der Waals surface area contributed by atoms with Crippen molar-refractivity contribution in [2.24, 2.45) is 11.8 Å². The van der Waals surface area contributed by atoms with Crippen LogP contribution in [0.5, 0.6) is 0 Å². The lowest BCUT2D eigenvalue weighted by Crippen LogP contribution is -2.19. The van der Waals surface area contributed by atoms with Gasteiger partial charge in [0.2, 0.25) is 8.41 Å². The SMILES string of the molecule is CCC1C(C#N)C1[Si](C)(C)F. The summed E-state index contributed by atoms with van der Waals surface area (Å²) < 4.78 is 13.4. The summed E-state index contributed by atoms with van der Waals surface area (Å²) >= 11 is 0. The average Bonchev–Trinajstić information content (AvgIpc) is 2.58. The van der Waals surface area contributed by atoms with Crippen LogP contribution in [-0.2, 0) is 0 Å². The van der Waals surface area contributed by atoms with Gasteiger partial charge in [0, 0.05) is 5.54 Å². The molecule has 1 aliphatic rings. The largest absolute Gasteiger partial charge is 0.314 e.